The first-order chi connectivity index (χ1) is 13.2. The second kappa shape index (κ2) is 8.13. The summed E-state index contributed by atoms with van der Waals surface area (Å²) in [6.45, 7) is 1.66. The molecule has 4 heteroatoms. The van der Waals surface area contributed by atoms with Crippen molar-refractivity contribution >= 4 is 5.78 Å². The van der Waals surface area contributed by atoms with E-state index in [1.807, 2.05) is 24.3 Å². The van der Waals surface area contributed by atoms with E-state index in [9.17, 15) is 4.79 Å². The summed E-state index contributed by atoms with van der Waals surface area (Å²) >= 11 is 0. The third-order valence-electron chi connectivity index (χ3n) is 5.97. The van der Waals surface area contributed by atoms with Gasteiger partial charge in [0.1, 0.15) is 18.4 Å². The first-order valence-electron chi connectivity index (χ1n) is 9.96. The summed E-state index contributed by atoms with van der Waals surface area (Å²) in [5, 5.41) is 0. The van der Waals surface area contributed by atoms with Gasteiger partial charge < -0.3 is 14.4 Å². The number of piperidine rings is 2. The molecule has 142 valence electrons. The fourth-order valence-electron chi connectivity index (χ4n) is 4.61. The summed E-state index contributed by atoms with van der Waals surface area (Å²) in [5.74, 6) is 1.89. The smallest absolute Gasteiger partial charge is 0.162 e. The zero-order valence-corrected chi connectivity index (χ0v) is 15.9. The van der Waals surface area contributed by atoms with Gasteiger partial charge in [-0.2, -0.15) is 0 Å². The topological polar surface area (TPSA) is 40.0 Å². The Bertz CT molecular complexity index is 789. The molecule has 1 unspecified atom stereocenters. The lowest BCUT2D eigenvalue weighted by atomic mass is 9.85. The molecule has 0 amide bonds. The van der Waals surface area contributed by atoms with Gasteiger partial charge in [0.15, 0.2) is 11.5 Å². The Morgan fingerprint density at radius 3 is 2.70 bits per heavy atom. The van der Waals surface area contributed by atoms with E-state index in [2.05, 4.69) is 24.3 Å². The van der Waals surface area contributed by atoms with Gasteiger partial charge in [-0.15, -0.1) is 0 Å². The Hall–Kier alpha value is -2.33. The van der Waals surface area contributed by atoms with E-state index in [1.165, 1.54) is 24.8 Å². The molecule has 0 bridgehead atoms. The minimum atomic E-state index is 0.238. The highest BCUT2D eigenvalue weighted by Crippen LogP contribution is 2.33. The molecule has 2 heterocycles. The Morgan fingerprint density at radius 1 is 1.04 bits per heavy atom. The number of Topliss-reactive ketones (excluding diaryl/α,β-unsaturated/α-hetero) is 1. The van der Waals surface area contributed by atoms with Crippen LogP contribution < -0.4 is 14.4 Å². The predicted octanol–water partition coefficient (Wildman–Crippen LogP) is 3.12. The van der Waals surface area contributed by atoms with E-state index in [0.29, 0.717) is 24.9 Å². The number of ketones is 1. The molecule has 0 radical (unpaired) electrons. The van der Waals surface area contributed by atoms with Crippen molar-refractivity contribution in [2.45, 2.75) is 50.8 Å². The van der Waals surface area contributed by atoms with Crippen molar-refractivity contribution in [2.24, 2.45) is 0 Å². The molecule has 4 rings (SSSR count). The number of hydrogen-bond acceptors (Lipinski definition) is 3. The van der Waals surface area contributed by atoms with Gasteiger partial charge in [-0.3, -0.25) is 4.79 Å². The molecule has 2 aromatic rings. The van der Waals surface area contributed by atoms with Gasteiger partial charge in [0.2, 0.25) is 0 Å². The van der Waals surface area contributed by atoms with E-state index in [1.54, 1.807) is 12.0 Å². The maximum atomic E-state index is 12.4. The van der Waals surface area contributed by atoms with Gasteiger partial charge in [-0.05, 0) is 36.6 Å². The van der Waals surface area contributed by atoms with Crippen molar-refractivity contribution in [2.75, 3.05) is 13.7 Å². The number of quaternary nitrogens is 1. The highest BCUT2D eigenvalue weighted by atomic mass is 16.5. The minimum absolute atomic E-state index is 0.238. The SMILES string of the molecule is COc1ccc([C@H]2CC(=O)C[C@H]3CCCC[NH+]32)cc1OCc1ccccc1. The van der Waals surface area contributed by atoms with Crippen LogP contribution in [0.4, 0.5) is 0 Å². The standard InChI is InChI=1S/C23H27NO3/c1-26-22-11-10-18(13-23(22)27-16-17-7-3-2-4-8-17)21-15-20(25)14-19-9-5-6-12-24(19)21/h2-4,7-8,10-11,13,19,21H,5-6,9,12,14-16H2,1H3/p+1/t19-,21-/m1/s1. The second-order valence-corrected chi connectivity index (χ2v) is 7.70. The van der Waals surface area contributed by atoms with Crippen molar-refractivity contribution < 1.29 is 19.2 Å². The molecule has 0 saturated carbocycles. The first kappa shape index (κ1) is 18.1. The molecule has 4 nitrogen and oxygen atoms in total. The van der Waals surface area contributed by atoms with Crippen molar-refractivity contribution in [3.63, 3.8) is 0 Å². The van der Waals surface area contributed by atoms with Gasteiger partial charge in [-0.1, -0.05) is 30.3 Å². The molecule has 2 fully saturated rings. The van der Waals surface area contributed by atoms with Crippen LogP contribution in [0.15, 0.2) is 48.5 Å². The molecule has 2 aromatic carbocycles. The summed E-state index contributed by atoms with van der Waals surface area (Å²) in [7, 11) is 1.67. The number of carbonyl (C=O) groups excluding carboxylic acids is 1. The lowest BCUT2D eigenvalue weighted by molar-refractivity contribution is -0.962. The van der Waals surface area contributed by atoms with Gasteiger partial charge >= 0.3 is 0 Å². The fraction of sp³-hybridized carbons (Fsp3) is 0.435. The number of methoxy groups -OCH3 is 1. The summed E-state index contributed by atoms with van der Waals surface area (Å²) in [6.07, 6.45) is 5.06. The molecule has 3 atom stereocenters. The summed E-state index contributed by atoms with van der Waals surface area (Å²) < 4.78 is 11.6. The van der Waals surface area contributed by atoms with E-state index >= 15 is 0 Å². The summed E-state index contributed by atoms with van der Waals surface area (Å²) in [6, 6.07) is 17.0. The number of ether oxygens (including phenoxy) is 2. The first-order valence-corrected chi connectivity index (χ1v) is 9.96. The Kier molecular flexibility index (Phi) is 5.44. The van der Waals surface area contributed by atoms with Crippen molar-refractivity contribution in [1.82, 2.24) is 0 Å². The third-order valence-corrected chi connectivity index (χ3v) is 5.97. The monoisotopic (exact) mass is 366 g/mol. The average molecular weight is 366 g/mol. The van der Waals surface area contributed by atoms with Crippen molar-refractivity contribution in [3.05, 3.63) is 59.7 Å². The summed E-state index contributed by atoms with van der Waals surface area (Å²) in [4.78, 5) is 13.9. The Balaban J connectivity index is 1.58. The quantitative estimate of drug-likeness (QED) is 0.884. The van der Waals surface area contributed by atoms with Crippen molar-refractivity contribution in [3.8, 4) is 11.5 Å². The largest absolute Gasteiger partial charge is 0.493 e. The van der Waals surface area contributed by atoms with E-state index < -0.39 is 0 Å². The van der Waals surface area contributed by atoms with Crippen LogP contribution in [0, 0.1) is 0 Å². The lowest BCUT2D eigenvalue weighted by Crippen LogP contribution is -3.17. The highest BCUT2D eigenvalue weighted by molar-refractivity contribution is 5.80. The number of nitrogens with one attached hydrogen (secondary N) is 1. The molecule has 27 heavy (non-hydrogen) atoms. The Labute approximate surface area is 161 Å². The molecule has 1 N–H and O–H groups in total. The van der Waals surface area contributed by atoms with Gasteiger partial charge in [-0.25, -0.2) is 0 Å². The molecule has 0 spiro atoms. The van der Waals surface area contributed by atoms with Gasteiger partial charge in [0.25, 0.3) is 0 Å². The van der Waals surface area contributed by atoms with Gasteiger partial charge in [0.05, 0.1) is 32.5 Å². The number of carbonyl (C=O) groups is 1. The van der Waals surface area contributed by atoms with Gasteiger partial charge in [0, 0.05) is 12.0 Å². The molecule has 2 saturated heterocycles. The molecule has 0 aromatic heterocycles. The zero-order valence-electron chi connectivity index (χ0n) is 15.9. The van der Waals surface area contributed by atoms with E-state index in [4.69, 9.17) is 9.47 Å². The van der Waals surface area contributed by atoms with E-state index in [0.717, 1.165) is 30.0 Å². The number of rotatable bonds is 5. The summed E-state index contributed by atoms with van der Waals surface area (Å²) in [5.41, 5.74) is 2.31. The van der Waals surface area contributed by atoms with Crippen LogP contribution >= 0.6 is 0 Å². The maximum Gasteiger partial charge on any atom is 0.162 e. The maximum absolute atomic E-state index is 12.4. The van der Waals surface area contributed by atoms with Crippen LogP contribution in [0.1, 0.15) is 49.3 Å². The second-order valence-electron chi connectivity index (χ2n) is 7.70. The van der Waals surface area contributed by atoms with Crippen LogP contribution in [0.5, 0.6) is 11.5 Å². The number of benzene rings is 2. The zero-order chi connectivity index (χ0) is 18.6. The number of hydrogen-bond donors (Lipinski definition) is 1. The van der Waals surface area contributed by atoms with Crippen LogP contribution in [-0.2, 0) is 11.4 Å². The van der Waals surface area contributed by atoms with E-state index in [-0.39, 0.29) is 6.04 Å². The van der Waals surface area contributed by atoms with Crippen LogP contribution in [0.25, 0.3) is 0 Å². The minimum Gasteiger partial charge on any atom is -0.493 e. The predicted molar refractivity (Wildman–Crippen MR) is 104 cm³/mol. The Morgan fingerprint density at radius 2 is 1.89 bits per heavy atom. The normalized spacial score (nSPS) is 24.9. The molecular formula is C23H28NO3+. The molecule has 2 aliphatic heterocycles. The lowest BCUT2D eigenvalue weighted by Gasteiger charge is -2.41. The van der Waals surface area contributed by atoms with Crippen LogP contribution in [0.2, 0.25) is 0 Å². The highest BCUT2D eigenvalue weighted by Gasteiger charge is 2.40. The van der Waals surface area contributed by atoms with Crippen molar-refractivity contribution in [1.29, 1.82) is 0 Å². The third kappa shape index (κ3) is 4.01. The average Bonchev–Trinajstić information content (AvgIpc) is 2.72. The molecule has 2 aliphatic rings. The molecular weight excluding hydrogens is 338 g/mol. The van der Waals surface area contributed by atoms with Crippen LogP contribution in [-0.4, -0.2) is 25.5 Å². The van der Waals surface area contributed by atoms with Crippen LogP contribution in [0.3, 0.4) is 0 Å². The number of fused-ring (bicyclic) bond motifs is 1. The fourth-order valence-corrected chi connectivity index (χ4v) is 4.61. The molecule has 0 aliphatic carbocycles.